The Hall–Kier alpha value is -4.48. The first-order valence-electron chi connectivity index (χ1n) is 18.5. The maximum absolute atomic E-state index is 14.9. The second-order valence-corrected chi connectivity index (χ2v) is 14.1. The highest BCUT2D eigenvalue weighted by Gasteiger charge is 2.75. The first-order chi connectivity index (χ1) is 25.0. The highest BCUT2D eigenvalue weighted by molar-refractivity contribution is 6.05. The summed E-state index contributed by atoms with van der Waals surface area (Å²) in [5, 5.41) is 10.4. The molecule has 2 aromatic rings. The van der Waals surface area contributed by atoms with Crippen LogP contribution in [-0.4, -0.2) is 102 Å². The van der Waals surface area contributed by atoms with Crippen LogP contribution in [0.3, 0.4) is 0 Å². The predicted molar refractivity (Wildman–Crippen MR) is 200 cm³/mol. The van der Waals surface area contributed by atoms with Gasteiger partial charge in [0.1, 0.15) is 17.7 Å². The molecule has 0 radical (unpaired) electrons. The number of hydrogen-bond donors (Lipinski definition) is 1. The minimum atomic E-state index is -1.29. The van der Waals surface area contributed by atoms with Gasteiger partial charge in [0, 0.05) is 44.5 Å². The van der Waals surface area contributed by atoms with E-state index < -0.39 is 59.6 Å². The summed E-state index contributed by atoms with van der Waals surface area (Å²) in [5.74, 6) is -3.47. The number of hydrogen-bond acceptors (Lipinski definition) is 8. The molecular weight excluding hydrogens is 660 g/mol. The fourth-order valence-corrected chi connectivity index (χ4v) is 8.36. The Morgan fingerprint density at radius 1 is 1.04 bits per heavy atom. The van der Waals surface area contributed by atoms with Crippen LogP contribution < -0.4 is 9.80 Å². The molecule has 3 fully saturated rings. The van der Waals surface area contributed by atoms with Gasteiger partial charge in [-0.25, -0.2) is 0 Å². The van der Waals surface area contributed by atoms with Crippen LogP contribution in [-0.2, 0) is 28.7 Å². The number of aliphatic hydroxyl groups is 1. The molecule has 0 aromatic heterocycles. The number of anilines is 2. The number of allylic oxidation sites excluding steroid dienone is 1. The van der Waals surface area contributed by atoms with E-state index in [1.54, 1.807) is 35.9 Å². The Balaban J connectivity index is 1.48. The molecule has 0 aliphatic carbocycles. The molecule has 1 spiro atoms. The molecule has 0 unspecified atom stereocenters. The summed E-state index contributed by atoms with van der Waals surface area (Å²) in [6.07, 6.45) is 3.51. The molecule has 11 nitrogen and oxygen atoms in total. The first-order valence-corrected chi connectivity index (χ1v) is 18.5. The van der Waals surface area contributed by atoms with Gasteiger partial charge in [0.2, 0.25) is 11.8 Å². The van der Waals surface area contributed by atoms with Gasteiger partial charge < -0.3 is 34.2 Å². The van der Waals surface area contributed by atoms with Crippen molar-refractivity contribution in [3.05, 3.63) is 85.5 Å². The number of benzene rings is 2. The zero-order valence-corrected chi connectivity index (χ0v) is 31.1. The number of aliphatic hydroxyl groups excluding tert-OH is 1. The first kappa shape index (κ1) is 38.7. The number of nitrogens with zero attached hydrogens (tertiary/aromatic N) is 4. The number of esters is 1. The second kappa shape index (κ2) is 16.5. The Kier molecular flexibility index (Phi) is 12.3. The Morgan fingerprint density at radius 2 is 1.69 bits per heavy atom. The highest BCUT2D eigenvalue weighted by Crippen LogP contribution is 2.59. The van der Waals surface area contributed by atoms with Crippen molar-refractivity contribution in [3.8, 4) is 0 Å². The minimum Gasteiger partial charge on any atom is -0.455 e. The standard InChI is InChI=1S/C41H54N4O7/c1-8-12-18-33(47)42(7)28(6)36(29-16-14-13-15-17-29)51-40(50)34-32-23-24-41(52-32)35(34)38(48)45(27(5)26-46)37(41)39(49)44(25-9-2)31-21-19-30(20-22-31)43(10-3)11-4/h8-9,13-17,19-22,27-28,32,34-37,46H,1-2,10-12,18,23-26H2,3-7H3/t27-,28-,32-,34+,35+,36+,37-,41+/m1/s1. The van der Waals surface area contributed by atoms with Gasteiger partial charge in [-0.1, -0.05) is 42.5 Å². The molecule has 3 saturated heterocycles. The summed E-state index contributed by atoms with van der Waals surface area (Å²) in [5.41, 5.74) is 1.08. The lowest BCUT2D eigenvalue weighted by Crippen LogP contribution is -2.58. The lowest BCUT2D eigenvalue weighted by Gasteiger charge is -2.38. The molecule has 5 rings (SSSR count). The third-order valence-corrected chi connectivity index (χ3v) is 11.2. The fourth-order valence-electron chi connectivity index (χ4n) is 8.36. The zero-order valence-electron chi connectivity index (χ0n) is 31.1. The molecule has 3 heterocycles. The second-order valence-electron chi connectivity index (χ2n) is 14.1. The van der Waals surface area contributed by atoms with E-state index in [0.29, 0.717) is 30.5 Å². The number of likely N-dealkylation sites (N-methyl/N-ethyl adjacent to an activating group) is 1. The fraction of sp³-hybridized carbons (Fsp3) is 0.512. The van der Waals surface area contributed by atoms with E-state index >= 15 is 0 Å². The number of carbonyl (C=O) groups excluding carboxylic acids is 4. The smallest absolute Gasteiger partial charge is 0.313 e. The van der Waals surface area contributed by atoms with Crippen molar-refractivity contribution in [3.63, 3.8) is 0 Å². The summed E-state index contributed by atoms with van der Waals surface area (Å²) >= 11 is 0. The van der Waals surface area contributed by atoms with Crippen LogP contribution in [0.5, 0.6) is 0 Å². The number of carbonyl (C=O) groups is 4. The molecule has 0 saturated carbocycles. The Bertz CT molecular complexity index is 1610. The minimum absolute atomic E-state index is 0.112. The van der Waals surface area contributed by atoms with E-state index in [9.17, 15) is 24.3 Å². The monoisotopic (exact) mass is 714 g/mol. The molecule has 2 bridgehead atoms. The van der Waals surface area contributed by atoms with Gasteiger partial charge in [0.15, 0.2) is 0 Å². The molecule has 3 amide bonds. The van der Waals surface area contributed by atoms with Crippen molar-refractivity contribution >= 4 is 35.1 Å². The molecule has 8 atom stereocenters. The van der Waals surface area contributed by atoms with E-state index in [4.69, 9.17) is 9.47 Å². The maximum atomic E-state index is 14.9. The maximum Gasteiger partial charge on any atom is 0.313 e. The molecular formula is C41H54N4O7. The van der Waals surface area contributed by atoms with Crippen molar-refractivity contribution in [1.29, 1.82) is 0 Å². The van der Waals surface area contributed by atoms with Crippen molar-refractivity contribution in [2.45, 2.75) is 89.3 Å². The molecule has 280 valence electrons. The van der Waals surface area contributed by atoms with Gasteiger partial charge in [-0.2, -0.15) is 0 Å². The summed E-state index contributed by atoms with van der Waals surface area (Å²) in [4.78, 5) is 63.7. The average Bonchev–Trinajstić information content (AvgIpc) is 3.82. The molecule has 3 aliphatic rings. The van der Waals surface area contributed by atoms with Gasteiger partial charge in [-0.15, -0.1) is 13.2 Å². The summed E-state index contributed by atoms with van der Waals surface area (Å²) in [6.45, 7) is 16.8. The van der Waals surface area contributed by atoms with Crippen LogP contribution in [0.2, 0.25) is 0 Å². The Morgan fingerprint density at radius 3 is 2.29 bits per heavy atom. The SMILES string of the molecule is C=CCCC(=O)N(C)[C@H](C)[C@H](OC(=O)[C@@H]1[C@H]2C(=O)N([C@H](C)CO)[C@H](C(=O)N(CC=C)c3ccc(N(CC)CC)cc3)[C@]23CC[C@H]1O3)c1ccccc1. The summed E-state index contributed by atoms with van der Waals surface area (Å²) < 4.78 is 13.0. The van der Waals surface area contributed by atoms with Gasteiger partial charge in [0.05, 0.1) is 36.6 Å². The van der Waals surface area contributed by atoms with Gasteiger partial charge in [-0.05, 0) is 76.8 Å². The van der Waals surface area contributed by atoms with E-state index in [0.717, 1.165) is 18.8 Å². The predicted octanol–water partition coefficient (Wildman–Crippen LogP) is 4.90. The van der Waals surface area contributed by atoms with Crippen molar-refractivity contribution in [2.75, 3.05) is 43.1 Å². The number of rotatable bonds is 17. The summed E-state index contributed by atoms with van der Waals surface area (Å²) in [6, 6.07) is 14.6. The van der Waals surface area contributed by atoms with Crippen LogP contribution >= 0.6 is 0 Å². The van der Waals surface area contributed by atoms with Crippen LogP contribution in [0.15, 0.2) is 79.9 Å². The van der Waals surface area contributed by atoms with Crippen molar-refractivity contribution in [1.82, 2.24) is 9.80 Å². The lowest BCUT2D eigenvalue weighted by atomic mass is 9.70. The van der Waals surface area contributed by atoms with Crippen LogP contribution in [0.1, 0.15) is 65.0 Å². The van der Waals surface area contributed by atoms with Crippen molar-refractivity contribution < 1.29 is 33.8 Å². The van der Waals surface area contributed by atoms with E-state index in [-0.39, 0.29) is 31.4 Å². The molecule has 2 aromatic carbocycles. The molecule has 1 N–H and O–H groups in total. The van der Waals surface area contributed by atoms with Crippen LogP contribution in [0.4, 0.5) is 11.4 Å². The molecule has 3 aliphatic heterocycles. The average molecular weight is 715 g/mol. The highest BCUT2D eigenvalue weighted by atomic mass is 16.6. The zero-order chi connectivity index (χ0) is 37.7. The van der Waals surface area contributed by atoms with E-state index in [1.165, 1.54) is 4.90 Å². The Labute approximate surface area is 307 Å². The van der Waals surface area contributed by atoms with Gasteiger partial charge in [-0.3, -0.25) is 19.2 Å². The normalized spacial score (nSPS) is 24.8. The topological polar surface area (TPSA) is 120 Å². The van der Waals surface area contributed by atoms with E-state index in [2.05, 4.69) is 31.9 Å². The molecule has 11 heteroatoms. The van der Waals surface area contributed by atoms with E-state index in [1.807, 2.05) is 61.5 Å². The number of likely N-dealkylation sites (tertiary alicyclic amines) is 1. The largest absolute Gasteiger partial charge is 0.455 e. The third kappa shape index (κ3) is 7.00. The number of fused-ring (bicyclic) bond motifs is 1. The number of amides is 3. The van der Waals surface area contributed by atoms with Gasteiger partial charge >= 0.3 is 5.97 Å². The van der Waals surface area contributed by atoms with Crippen LogP contribution in [0, 0.1) is 11.8 Å². The molecule has 52 heavy (non-hydrogen) atoms. The van der Waals surface area contributed by atoms with Gasteiger partial charge in [0.25, 0.3) is 5.91 Å². The lowest BCUT2D eigenvalue weighted by molar-refractivity contribution is -0.165. The summed E-state index contributed by atoms with van der Waals surface area (Å²) in [7, 11) is 1.69. The van der Waals surface area contributed by atoms with Crippen LogP contribution in [0.25, 0.3) is 0 Å². The number of ether oxygens (including phenoxy) is 2. The quantitative estimate of drug-likeness (QED) is 0.182. The third-order valence-electron chi connectivity index (χ3n) is 11.2. The van der Waals surface area contributed by atoms with Crippen molar-refractivity contribution in [2.24, 2.45) is 11.8 Å².